The lowest BCUT2D eigenvalue weighted by Gasteiger charge is -2.15. The van der Waals surface area contributed by atoms with Crippen molar-refractivity contribution in [2.45, 2.75) is 13.5 Å². The van der Waals surface area contributed by atoms with Crippen LogP contribution in [0.1, 0.15) is 18.1 Å². The molecule has 4 nitrogen and oxygen atoms in total. The van der Waals surface area contributed by atoms with E-state index >= 15 is 0 Å². The van der Waals surface area contributed by atoms with Gasteiger partial charge in [-0.15, -0.1) is 0 Å². The van der Waals surface area contributed by atoms with E-state index in [0.29, 0.717) is 6.54 Å². The number of nitriles is 1. The van der Waals surface area contributed by atoms with Crippen molar-refractivity contribution in [2.75, 3.05) is 20.1 Å². The van der Waals surface area contributed by atoms with Crippen molar-refractivity contribution in [2.24, 2.45) is 0 Å². The zero-order valence-corrected chi connectivity index (χ0v) is 10.8. The molecule has 0 fully saturated rings. The largest absolute Gasteiger partial charge is 0.345 e. The number of benzene rings is 1. The molecule has 1 aromatic carbocycles. The van der Waals surface area contributed by atoms with Crippen molar-refractivity contribution in [3.63, 3.8) is 0 Å². The second-order valence-corrected chi connectivity index (χ2v) is 4.04. The molecule has 0 spiro atoms. The fourth-order valence-corrected chi connectivity index (χ4v) is 1.44. The van der Waals surface area contributed by atoms with Crippen molar-refractivity contribution in [3.8, 4) is 6.07 Å². The topological polar surface area (TPSA) is 56.1 Å². The molecule has 0 aliphatic rings. The van der Waals surface area contributed by atoms with Crippen LogP contribution in [0, 0.1) is 23.0 Å². The summed E-state index contributed by atoms with van der Waals surface area (Å²) in [6.07, 6.45) is 0. The predicted molar refractivity (Wildman–Crippen MR) is 66.1 cm³/mol. The second-order valence-electron chi connectivity index (χ2n) is 4.04. The summed E-state index contributed by atoms with van der Waals surface area (Å²) < 4.78 is 27.0. The van der Waals surface area contributed by atoms with Crippen LogP contribution in [0.4, 0.5) is 8.78 Å². The molecule has 0 aliphatic heterocycles. The Labute approximate surface area is 110 Å². The van der Waals surface area contributed by atoms with Crippen LogP contribution in [0.15, 0.2) is 12.1 Å². The van der Waals surface area contributed by atoms with E-state index in [9.17, 15) is 13.6 Å². The molecule has 0 radical (unpaired) electrons. The van der Waals surface area contributed by atoms with E-state index in [0.717, 1.165) is 12.1 Å². The fourth-order valence-electron chi connectivity index (χ4n) is 1.44. The molecule has 102 valence electrons. The Kier molecular flexibility index (Phi) is 5.39. The standard InChI is InChI=1S/C13H15F2N3O/c1-3-18(2)13(19)8-17-7-10-11(14)4-9(6-16)5-12(10)15/h4-5,17H,3,7-8H2,1-2H3. The van der Waals surface area contributed by atoms with Gasteiger partial charge < -0.3 is 10.2 Å². The lowest BCUT2D eigenvalue weighted by atomic mass is 10.1. The minimum absolute atomic E-state index is 0.00320. The molecular formula is C13H15F2N3O. The summed E-state index contributed by atoms with van der Waals surface area (Å²) in [6.45, 7) is 2.30. The molecule has 0 aromatic heterocycles. The van der Waals surface area contributed by atoms with Crippen LogP contribution in [0.2, 0.25) is 0 Å². The van der Waals surface area contributed by atoms with Crippen molar-refractivity contribution >= 4 is 5.91 Å². The molecule has 1 amide bonds. The first kappa shape index (κ1) is 15.1. The molecular weight excluding hydrogens is 252 g/mol. The van der Waals surface area contributed by atoms with Gasteiger partial charge in [-0.05, 0) is 19.1 Å². The summed E-state index contributed by atoms with van der Waals surface area (Å²) in [5.74, 6) is -1.74. The lowest BCUT2D eigenvalue weighted by Crippen LogP contribution is -2.35. The van der Waals surface area contributed by atoms with E-state index in [1.54, 1.807) is 13.1 Å². The monoisotopic (exact) mass is 267 g/mol. The van der Waals surface area contributed by atoms with Crippen LogP contribution in [-0.4, -0.2) is 30.9 Å². The highest BCUT2D eigenvalue weighted by molar-refractivity contribution is 5.77. The van der Waals surface area contributed by atoms with Crippen LogP contribution >= 0.6 is 0 Å². The summed E-state index contributed by atoms with van der Waals surface area (Å²) in [4.78, 5) is 13.0. The van der Waals surface area contributed by atoms with Crippen molar-refractivity contribution in [1.29, 1.82) is 5.26 Å². The Balaban J connectivity index is 2.64. The number of carbonyl (C=O) groups excluding carboxylic acids is 1. The Morgan fingerprint density at radius 1 is 1.42 bits per heavy atom. The number of hydrogen-bond donors (Lipinski definition) is 1. The molecule has 6 heteroatoms. The van der Waals surface area contributed by atoms with Crippen LogP contribution in [0.5, 0.6) is 0 Å². The maximum Gasteiger partial charge on any atom is 0.236 e. The van der Waals surface area contributed by atoms with Gasteiger partial charge in [0.1, 0.15) is 11.6 Å². The Hall–Kier alpha value is -2.00. The second kappa shape index (κ2) is 6.81. The molecule has 1 aromatic rings. The summed E-state index contributed by atoms with van der Waals surface area (Å²) in [7, 11) is 1.65. The van der Waals surface area contributed by atoms with Gasteiger partial charge in [0.15, 0.2) is 0 Å². The average Bonchev–Trinajstić information content (AvgIpc) is 2.40. The van der Waals surface area contributed by atoms with Crippen molar-refractivity contribution in [1.82, 2.24) is 10.2 Å². The molecule has 0 saturated heterocycles. The van der Waals surface area contributed by atoms with E-state index in [1.807, 2.05) is 6.92 Å². The highest BCUT2D eigenvalue weighted by Crippen LogP contribution is 2.14. The molecule has 0 atom stereocenters. The Bertz CT molecular complexity index is 488. The molecule has 0 bridgehead atoms. The van der Waals surface area contributed by atoms with Gasteiger partial charge in [-0.25, -0.2) is 8.78 Å². The molecule has 1 rings (SSSR count). The summed E-state index contributed by atoms with van der Waals surface area (Å²) >= 11 is 0. The Morgan fingerprint density at radius 2 is 2.00 bits per heavy atom. The van der Waals surface area contributed by atoms with Crippen molar-refractivity contribution in [3.05, 3.63) is 34.9 Å². The first-order valence-electron chi connectivity index (χ1n) is 5.82. The van der Waals surface area contributed by atoms with E-state index in [-0.39, 0.29) is 30.1 Å². The van der Waals surface area contributed by atoms with E-state index < -0.39 is 11.6 Å². The average molecular weight is 267 g/mol. The van der Waals surface area contributed by atoms with Crippen LogP contribution in [0.3, 0.4) is 0 Å². The van der Waals surface area contributed by atoms with E-state index in [1.165, 1.54) is 4.90 Å². The normalized spacial score (nSPS) is 10.1. The Morgan fingerprint density at radius 3 is 2.47 bits per heavy atom. The summed E-state index contributed by atoms with van der Waals surface area (Å²) in [5, 5.41) is 11.2. The van der Waals surface area contributed by atoms with Crippen molar-refractivity contribution < 1.29 is 13.6 Å². The van der Waals surface area contributed by atoms with Crippen LogP contribution in [-0.2, 0) is 11.3 Å². The number of amides is 1. The van der Waals surface area contributed by atoms with Gasteiger partial charge in [0.05, 0.1) is 18.2 Å². The number of carbonyl (C=O) groups is 1. The molecule has 0 heterocycles. The molecule has 19 heavy (non-hydrogen) atoms. The third kappa shape index (κ3) is 4.00. The van der Waals surface area contributed by atoms with Crippen LogP contribution < -0.4 is 5.32 Å². The van der Waals surface area contributed by atoms with E-state index in [4.69, 9.17) is 5.26 Å². The molecule has 1 N–H and O–H groups in total. The van der Waals surface area contributed by atoms with Gasteiger partial charge >= 0.3 is 0 Å². The number of halogens is 2. The first-order valence-corrected chi connectivity index (χ1v) is 5.82. The first-order chi connectivity index (χ1) is 8.99. The van der Waals surface area contributed by atoms with Gasteiger partial charge in [0.2, 0.25) is 5.91 Å². The highest BCUT2D eigenvalue weighted by atomic mass is 19.1. The quantitative estimate of drug-likeness (QED) is 0.877. The van der Waals surface area contributed by atoms with Gasteiger partial charge in [0, 0.05) is 25.7 Å². The van der Waals surface area contributed by atoms with Gasteiger partial charge in [-0.2, -0.15) is 5.26 Å². The fraction of sp³-hybridized carbons (Fsp3) is 0.385. The summed E-state index contributed by atoms with van der Waals surface area (Å²) in [5.41, 5.74) is -0.244. The van der Waals surface area contributed by atoms with Gasteiger partial charge in [-0.1, -0.05) is 0 Å². The summed E-state index contributed by atoms with van der Waals surface area (Å²) in [6, 6.07) is 3.62. The number of rotatable bonds is 5. The zero-order chi connectivity index (χ0) is 14.4. The third-order valence-corrected chi connectivity index (χ3v) is 2.75. The smallest absolute Gasteiger partial charge is 0.236 e. The molecule has 0 saturated carbocycles. The van der Waals surface area contributed by atoms with Gasteiger partial charge in [-0.3, -0.25) is 4.79 Å². The predicted octanol–water partition coefficient (Wildman–Crippen LogP) is 1.40. The maximum atomic E-state index is 13.5. The lowest BCUT2D eigenvalue weighted by molar-refractivity contribution is -0.128. The SMILES string of the molecule is CCN(C)C(=O)CNCc1c(F)cc(C#N)cc1F. The number of likely N-dealkylation sites (N-methyl/N-ethyl adjacent to an activating group) is 1. The zero-order valence-electron chi connectivity index (χ0n) is 10.8. The minimum atomic E-state index is -0.791. The van der Waals surface area contributed by atoms with Crippen LogP contribution in [0.25, 0.3) is 0 Å². The number of nitrogens with one attached hydrogen (secondary N) is 1. The molecule has 0 aliphatic carbocycles. The molecule has 0 unspecified atom stereocenters. The minimum Gasteiger partial charge on any atom is -0.345 e. The number of nitrogens with zero attached hydrogens (tertiary/aromatic N) is 2. The van der Waals surface area contributed by atoms with Gasteiger partial charge in [0.25, 0.3) is 0 Å². The maximum absolute atomic E-state index is 13.5. The highest BCUT2D eigenvalue weighted by Gasteiger charge is 2.12. The van der Waals surface area contributed by atoms with E-state index in [2.05, 4.69) is 5.32 Å². The number of hydrogen-bond acceptors (Lipinski definition) is 3. The third-order valence-electron chi connectivity index (χ3n) is 2.75.